The third kappa shape index (κ3) is 15.1. The first kappa shape index (κ1) is 26.3. The first-order chi connectivity index (χ1) is 10.8. The molecular formula is C15H30F3IN4O2. The van der Waals surface area contributed by atoms with E-state index in [4.69, 9.17) is 4.74 Å². The summed E-state index contributed by atoms with van der Waals surface area (Å²) in [5.41, 5.74) is -0.558. The van der Waals surface area contributed by atoms with E-state index in [2.05, 4.69) is 15.6 Å². The predicted octanol–water partition coefficient (Wildman–Crippen LogP) is 3.22. The maximum atomic E-state index is 12.1. The summed E-state index contributed by atoms with van der Waals surface area (Å²) in [7, 11) is 3.13. The SMILES string of the molecule is CN=C(NCCC(F)(F)F)NCC(C)CN(C)C(=O)OC(C)(C)C.I. The number of rotatable bonds is 6. The molecule has 0 aromatic rings. The van der Waals surface area contributed by atoms with Crippen LogP contribution in [0.1, 0.15) is 34.1 Å². The Morgan fingerprint density at radius 3 is 2.24 bits per heavy atom. The van der Waals surface area contributed by atoms with Crippen LogP contribution in [-0.2, 0) is 4.74 Å². The summed E-state index contributed by atoms with van der Waals surface area (Å²) in [6, 6.07) is 0. The van der Waals surface area contributed by atoms with Crippen LogP contribution in [0.15, 0.2) is 4.99 Å². The number of alkyl halides is 3. The molecule has 0 bridgehead atoms. The van der Waals surface area contributed by atoms with Crippen LogP contribution >= 0.6 is 24.0 Å². The average Bonchev–Trinajstić information content (AvgIpc) is 2.39. The molecule has 0 aliphatic carbocycles. The van der Waals surface area contributed by atoms with Gasteiger partial charge < -0.3 is 20.3 Å². The highest BCUT2D eigenvalue weighted by Crippen LogP contribution is 2.18. The fourth-order valence-electron chi connectivity index (χ4n) is 1.76. The minimum Gasteiger partial charge on any atom is -0.444 e. The zero-order valence-electron chi connectivity index (χ0n) is 15.7. The van der Waals surface area contributed by atoms with Gasteiger partial charge in [0, 0.05) is 33.7 Å². The van der Waals surface area contributed by atoms with Crippen LogP contribution < -0.4 is 10.6 Å². The number of aliphatic imine (C=N–C) groups is 1. The van der Waals surface area contributed by atoms with E-state index in [0.717, 1.165) is 0 Å². The minimum absolute atomic E-state index is 0. The zero-order chi connectivity index (χ0) is 19.0. The van der Waals surface area contributed by atoms with Crippen LogP contribution in [0.5, 0.6) is 0 Å². The Hall–Kier alpha value is -0.940. The second-order valence-electron chi connectivity index (χ2n) is 6.71. The topological polar surface area (TPSA) is 66.0 Å². The first-order valence-electron chi connectivity index (χ1n) is 7.79. The molecule has 1 unspecified atom stereocenters. The Balaban J connectivity index is 0. The van der Waals surface area contributed by atoms with Gasteiger partial charge in [0.05, 0.1) is 6.42 Å². The van der Waals surface area contributed by atoms with Gasteiger partial charge in [0.1, 0.15) is 5.60 Å². The van der Waals surface area contributed by atoms with Gasteiger partial charge in [-0.05, 0) is 26.7 Å². The number of ether oxygens (including phenoxy) is 1. The molecule has 0 aromatic heterocycles. The van der Waals surface area contributed by atoms with Crippen molar-refractivity contribution in [3.8, 4) is 0 Å². The Kier molecular flexibility index (Phi) is 12.2. The van der Waals surface area contributed by atoms with Crippen LogP contribution in [0.2, 0.25) is 0 Å². The minimum atomic E-state index is -4.20. The highest BCUT2D eigenvalue weighted by molar-refractivity contribution is 14.0. The third-order valence-corrected chi connectivity index (χ3v) is 2.83. The molecule has 25 heavy (non-hydrogen) atoms. The Bertz CT molecular complexity index is 426. The van der Waals surface area contributed by atoms with E-state index in [1.165, 1.54) is 11.9 Å². The van der Waals surface area contributed by atoms with Crippen molar-refractivity contribution in [3.05, 3.63) is 0 Å². The van der Waals surface area contributed by atoms with E-state index in [-0.39, 0.29) is 36.4 Å². The summed E-state index contributed by atoms with van der Waals surface area (Å²) in [5, 5.41) is 5.54. The van der Waals surface area contributed by atoms with E-state index >= 15 is 0 Å². The molecule has 0 fully saturated rings. The standard InChI is InChI=1S/C15H29F3N4O2.HI/c1-11(10-22(6)13(23)24-14(2,3)4)9-21-12(19-5)20-8-7-15(16,17)18;/h11H,7-10H2,1-6H3,(H2,19,20,21);1H. The average molecular weight is 482 g/mol. The van der Waals surface area contributed by atoms with Crippen molar-refractivity contribution in [2.45, 2.75) is 45.9 Å². The summed E-state index contributed by atoms with van der Waals surface area (Å²) in [6.07, 6.45) is -5.54. The second-order valence-corrected chi connectivity index (χ2v) is 6.71. The van der Waals surface area contributed by atoms with Crippen LogP contribution in [0.3, 0.4) is 0 Å². The number of amides is 1. The number of carbonyl (C=O) groups is 1. The maximum absolute atomic E-state index is 12.1. The molecule has 0 saturated carbocycles. The highest BCUT2D eigenvalue weighted by Gasteiger charge is 2.26. The lowest BCUT2D eigenvalue weighted by molar-refractivity contribution is -0.132. The molecule has 0 rings (SSSR count). The van der Waals surface area contributed by atoms with Gasteiger partial charge in [-0.15, -0.1) is 24.0 Å². The molecule has 0 heterocycles. The molecule has 0 radical (unpaired) electrons. The predicted molar refractivity (Wildman–Crippen MR) is 103 cm³/mol. The van der Waals surface area contributed by atoms with E-state index in [9.17, 15) is 18.0 Å². The normalized spacial score (nSPS) is 13.6. The lowest BCUT2D eigenvalue weighted by Crippen LogP contribution is -2.43. The van der Waals surface area contributed by atoms with E-state index in [0.29, 0.717) is 19.0 Å². The third-order valence-electron chi connectivity index (χ3n) is 2.83. The Morgan fingerprint density at radius 2 is 1.80 bits per heavy atom. The molecule has 2 N–H and O–H groups in total. The highest BCUT2D eigenvalue weighted by atomic mass is 127. The molecule has 0 saturated heterocycles. The lowest BCUT2D eigenvalue weighted by atomic mass is 10.1. The van der Waals surface area contributed by atoms with Gasteiger partial charge >= 0.3 is 12.3 Å². The number of nitrogens with one attached hydrogen (secondary N) is 2. The Morgan fingerprint density at radius 1 is 1.24 bits per heavy atom. The van der Waals surface area contributed by atoms with Crippen LogP contribution in [0.4, 0.5) is 18.0 Å². The Labute approximate surface area is 165 Å². The number of halogens is 4. The molecule has 6 nitrogen and oxygen atoms in total. The number of guanidine groups is 1. The quantitative estimate of drug-likeness (QED) is 0.347. The van der Waals surface area contributed by atoms with Crippen LogP contribution in [0, 0.1) is 5.92 Å². The van der Waals surface area contributed by atoms with E-state index in [1.807, 2.05) is 6.92 Å². The van der Waals surface area contributed by atoms with Crippen molar-refractivity contribution in [1.82, 2.24) is 15.5 Å². The molecule has 0 aliphatic heterocycles. The number of hydrogen-bond acceptors (Lipinski definition) is 3. The smallest absolute Gasteiger partial charge is 0.410 e. The number of nitrogens with zero attached hydrogens (tertiary/aromatic N) is 2. The molecular weight excluding hydrogens is 452 g/mol. The summed E-state index contributed by atoms with van der Waals surface area (Å²) in [5.74, 6) is 0.356. The maximum Gasteiger partial charge on any atom is 0.410 e. The van der Waals surface area contributed by atoms with Crippen LogP contribution in [0.25, 0.3) is 0 Å². The van der Waals surface area contributed by atoms with Gasteiger partial charge in [0.25, 0.3) is 0 Å². The first-order valence-corrected chi connectivity index (χ1v) is 7.79. The van der Waals surface area contributed by atoms with Crippen molar-refractivity contribution < 1.29 is 22.7 Å². The van der Waals surface area contributed by atoms with Crippen molar-refractivity contribution >= 4 is 36.0 Å². The second kappa shape index (κ2) is 11.6. The molecule has 150 valence electrons. The lowest BCUT2D eigenvalue weighted by Gasteiger charge is -2.26. The molecule has 0 spiro atoms. The van der Waals surface area contributed by atoms with Gasteiger partial charge in [0.15, 0.2) is 5.96 Å². The largest absolute Gasteiger partial charge is 0.444 e. The molecule has 1 atom stereocenters. The summed E-state index contributed by atoms with van der Waals surface area (Å²) in [4.78, 5) is 17.2. The van der Waals surface area contributed by atoms with Gasteiger partial charge in [-0.2, -0.15) is 13.2 Å². The molecule has 0 aliphatic rings. The van der Waals surface area contributed by atoms with Gasteiger partial charge in [-0.1, -0.05) is 6.92 Å². The monoisotopic (exact) mass is 482 g/mol. The summed E-state index contributed by atoms with van der Waals surface area (Å²) < 4.78 is 41.6. The van der Waals surface area contributed by atoms with Gasteiger partial charge in [-0.3, -0.25) is 4.99 Å². The van der Waals surface area contributed by atoms with Crippen LogP contribution in [-0.4, -0.2) is 62.5 Å². The van der Waals surface area contributed by atoms with E-state index in [1.54, 1.807) is 27.8 Å². The molecule has 1 amide bonds. The van der Waals surface area contributed by atoms with Crippen molar-refractivity contribution in [2.75, 3.05) is 33.7 Å². The molecule has 10 heteroatoms. The number of hydrogen-bond donors (Lipinski definition) is 2. The van der Waals surface area contributed by atoms with Crippen molar-refractivity contribution in [3.63, 3.8) is 0 Å². The van der Waals surface area contributed by atoms with Gasteiger partial charge in [-0.25, -0.2) is 4.79 Å². The zero-order valence-corrected chi connectivity index (χ0v) is 18.0. The summed E-state index contributed by atoms with van der Waals surface area (Å²) >= 11 is 0. The summed E-state index contributed by atoms with van der Waals surface area (Å²) in [6.45, 7) is 7.95. The fraction of sp³-hybridized carbons (Fsp3) is 0.867. The molecule has 0 aromatic carbocycles. The van der Waals surface area contributed by atoms with E-state index < -0.39 is 24.3 Å². The van der Waals surface area contributed by atoms with Crippen molar-refractivity contribution in [1.29, 1.82) is 0 Å². The van der Waals surface area contributed by atoms with Gasteiger partial charge in [0.2, 0.25) is 0 Å². The fourth-order valence-corrected chi connectivity index (χ4v) is 1.76. The van der Waals surface area contributed by atoms with Crippen molar-refractivity contribution in [2.24, 2.45) is 10.9 Å². The number of carbonyl (C=O) groups excluding carboxylic acids is 1.